The van der Waals surface area contributed by atoms with Crippen molar-refractivity contribution < 1.29 is 22.0 Å². The van der Waals surface area contributed by atoms with Gasteiger partial charge in [-0.2, -0.15) is 0 Å². The Kier molecular flexibility index (Phi) is 5.24. The van der Waals surface area contributed by atoms with E-state index in [1.807, 2.05) is 0 Å². The van der Waals surface area contributed by atoms with Crippen LogP contribution >= 0.6 is 15.9 Å². The highest BCUT2D eigenvalue weighted by atomic mass is 79.9. The van der Waals surface area contributed by atoms with Crippen molar-refractivity contribution in [2.24, 2.45) is 0 Å². The van der Waals surface area contributed by atoms with Crippen LogP contribution < -0.4 is 9.62 Å². The fraction of sp³-hybridized carbons (Fsp3) is 0.211. The molecular formula is C19H18BrFN2O4S. The highest BCUT2D eigenvalue weighted by Crippen LogP contribution is 2.40. The number of rotatable bonds is 4. The molecule has 148 valence electrons. The van der Waals surface area contributed by atoms with Crippen LogP contribution in [0.4, 0.5) is 10.1 Å². The predicted octanol–water partition coefficient (Wildman–Crippen LogP) is 4.07. The number of benzene rings is 2. The summed E-state index contributed by atoms with van der Waals surface area (Å²) in [6, 6.07) is 7.39. The lowest BCUT2D eigenvalue weighted by Gasteiger charge is -2.18. The molecule has 1 heterocycles. The van der Waals surface area contributed by atoms with E-state index in [2.05, 4.69) is 21.2 Å². The molecule has 0 atom stereocenters. The summed E-state index contributed by atoms with van der Waals surface area (Å²) < 4.78 is 44.9. The fourth-order valence-electron chi connectivity index (χ4n) is 2.95. The summed E-state index contributed by atoms with van der Waals surface area (Å²) in [6.07, 6.45) is 1.09. The Bertz CT molecular complexity index is 1200. The standard InChI is InChI=1S/C19H18BrFN2O4S/c1-10-7-11(21)5-6-12(10)18-17(19(24)22-2)13-8-14(20)15(9-16(13)27-18)23(3)28(4,25)26/h5-9H,1-4H3,(H,22,24). The van der Waals surface area contributed by atoms with E-state index < -0.39 is 15.8 Å². The van der Waals surface area contributed by atoms with Gasteiger partial charge in [-0.3, -0.25) is 9.10 Å². The molecule has 3 rings (SSSR count). The Hall–Kier alpha value is -2.39. The molecule has 0 saturated carbocycles. The summed E-state index contributed by atoms with van der Waals surface area (Å²) in [7, 11) is -0.565. The van der Waals surface area contributed by atoms with Gasteiger partial charge in [-0.25, -0.2) is 12.8 Å². The topological polar surface area (TPSA) is 79.6 Å². The first-order valence-electron chi connectivity index (χ1n) is 8.23. The smallest absolute Gasteiger partial charge is 0.255 e. The Labute approximate surface area is 170 Å². The highest BCUT2D eigenvalue weighted by Gasteiger charge is 2.25. The van der Waals surface area contributed by atoms with Crippen LogP contribution in [0.15, 0.2) is 39.2 Å². The molecule has 0 spiro atoms. The lowest BCUT2D eigenvalue weighted by Crippen LogP contribution is -2.25. The SMILES string of the molecule is CNC(=O)c1c(-c2ccc(F)cc2C)oc2cc(N(C)S(C)(=O)=O)c(Br)cc12. The van der Waals surface area contributed by atoms with Crippen LogP contribution in [0.3, 0.4) is 0 Å². The van der Waals surface area contributed by atoms with E-state index in [1.165, 1.54) is 26.2 Å². The van der Waals surface area contributed by atoms with Gasteiger partial charge in [0, 0.05) is 35.6 Å². The normalized spacial score (nSPS) is 11.6. The molecular weight excluding hydrogens is 451 g/mol. The monoisotopic (exact) mass is 468 g/mol. The summed E-state index contributed by atoms with van der Waals surface area (Å²) in [5, 5.41) is 3.10. The van der Waals surface area contributed by atoms with Crippen molar-refractivity contribution in [1.29, 1.82) is 0 Å². The largest absolute Gasteiger partial charge is 0.455 e. The molecule has 0 fully saturated rings. The minimum absolute atomic E-state index is 0.290. The molecule has 0 aliphatic heterocycles. The second-order valence-corrected chi connectivity index (χ2v) is 9.24. The zero-order valence-corrected chi connectivity index (χ0v) is 18.0. The number of sulfonamides is 1. The Balaban J connectivity index is 2.34. The van der Waals surface area contributed by atoms with E-state index >= 15 is 0 Å². The number of nitrogens with zero attached hydrogens (tertiary/aromatic N) is 1. The van der Waals surface area contributed by atoms with Gasteiger partial charge < -0.3 is 9.73 Å². The van der Waals surface area contributed by atoms with Gasteiger partial charge in [0.2, 0.25) is 10.0 Å². The lowest BCUT2D eigenvalue weighted by atomic mass is 10.0. The van der Waals surface area contributed by atoms with E-state index in [-0.39, 0.29) is 11.7 Å². The van der Waals surface area contributed by atoms with Gasteiger partial charge in [-0.05, 0) is 52.7 Å². The molecule has 1 amide bonds. The summed E-state index contributed by atoms with van der Waals surface area (Å²) in [4.78, 5) is 12.6. The Morgan fingerprint density at radius 3 is 2.50 bits per heavy atom. The van der Waals surface area contributed by atoms with E-state index in [4.69, 9.17) is 4.42 Å². The molecule has 1 aromatic heterocycles. The summed E-state index contributed by atoms with van der Waals surface area (Å²) in [5.41, 5.74) is 2.18. The van der Waals surface area contributed by atoms with Crippen LogP contribution in [-0.2, 0) is 10.0 Å². The minimum Gasteiger partial charge on any atom is -0.455 e. The number of halogens is 2. The van der Waals surface area contributed by atoms with Gasteiger partial charge in [0.25, 0.3) is 5.91 Å². The van der Waals surface area contributed by atoms with Crippen LogP contribution in [0.1, 0.15) is 15.9 Å². The molecule has 0 bridgehead atoms. The maximum absolute atomic E-state index is 13.5. The number of anilines is 1. The van der Waals surface area contributed by atoms with Gasteiger partial charge in [0.1, 0.15) is 17.2 Å². The van der Waals surface area contributed by atoms with Crippen LogP contribution in [0.5, 0.6) is 0 Å². The average Bonchev–Trinajstić information content (AvgIpc) is 2.96. The molecule has 0 radical (unpaired) electrons. The number of amides is 1. The third-order valence-electron chi connectivity index (χ3n) is 4.48. The number of nitrogens with one attached hydrogen (secondary N) is 1. The van der Waals surface area contributed by atoms with Crippen molar-refractivity contribution in [1.82, 2.24) is 5.32 Å². The fourth-order valence-corrected chi connectivity index (χ4v) is 4.18. The molecule has 1 N–H and O–H groups in total. The van der Waals surface area contributed by atoms with Crippen molar-refractivity contribution in [3.63, 3.8) is 0 Å². The van der Waals surface area contributed by atoms with Gasteiger partial charge in [-0.15, -0.1) is 0 Å². The van der Waals surface area contributed by atoms with E-state index in [9.17, 15) is 17.6 Å². The first kappa shape index (κ1) is 20.3. The van der Waals surface area contributed by atoms with Gasteiger partial charge >= 0.3 is 0 Å². The second kappa shape index (κ2) is 7.21. The molecule has 0 unspecified atom stereocenters. The average molecular weight is 469 g/mol. The maximum Gasteiger partial charge on any atom is 0.255 e. The number of furan rings is 1. The molecule has 0 saturated heterocycles. The van der Waals surface area contributed by atoms with E-state index in [1.54, 1.807) is 25.1 Å². The van der Waals surface area contributed by atoms with Crippen molar-refractivity contribution in [2.75, 3.05) is 24.7 Å². The number of hydrogen-bond donors (Lipinski definition) is 1. The number of carbonyl (C=O) groups excluding carboxylic acids is 1. The molecule has 0 aliphatic rings. The van der Waals surface area contributed by atoms with Crippen LogP contribution in [-0.4, -0.2) is 34.7 Å². The first-order chi connectivity index (χ1) is 13.0. The second-order valence-electron chi connectivity index (χ2n) is 6.37. The summed E-state index contributed by atoms with van der Waals surface area (Å²) in [6.45, 7) is 1.72. The van der Waals surface area contributed by atoms with E-state index in [0.29, 0.717) is 37.8 Å². The van der Waals surface area contributed by atoms with Gasteiger partial charge in [0.05, 0.1) is 17.5 Å². The number of carbonyl (C=O) groups is 1. The minimum atomic E-state index is -3.49. The quantitative estimate of drug-likeness (QED) is 0.625. The summed E-state index contributed by atoms with van der Waals surface area (Å²) in [5.74, 6) is -0.467. The Morgan fingerprint density at radius 2 is 1.93 bits per heavy atom. The number of hydrogen-bond acceptors (Lipinski definition) is 4. The molecule has 9 heteroatoms. The van der Waals surface area contributed by atoms with Gasteiger partial charge in [-0.1, -0.05) is 0 Å². The molecule has 2 aromatic carbocycles. The zero-order valence-electron chi connectivity index (χ0n) is 15.6. The van der Waals surface area contributed by atoms with Crippen molar-refractivity contribution in [3.8, 4) is 11.3 Å². The molecule has 28 heavy (non-hydrogen) atoms. The lowest BCUT2D eigenvalue weighted by molar-refractivity contribution is 0.0964. The van der Waals surface area contributed by atoms with Crippen molar-refractivity contribution >= 4 is 48.5 Å². The van der Waals surface area contributed by atoms with Crippen molar-refractivity contribution in [3.05, 3.63) is 51.7 Å². The molecule has 6 nitrogen and oxygen atoms in total. The van der Waals surface area contributed by atoms with Crippen LogP contribution in [0.2, 0.25) is 0 Å². The summed E-state index contributed by atoms with van der Waals surface area (Å²) >= 11 is 3.38. The van der Waals surface area contributed by atoms with Crippen LogP contribution in [0, 0.1) is 12.7 Å². The van der Waals surface area contributed by atoms with Crippen LogP contribution in [0.25, 0.3) is 22.3 Å². The van der Waals surface area contributed by atoms with E-state index in [0.717, 1.165) is 10.6 Å². The molecule has 0 aliphatic carbocycles. The number of fused-ring (bicyclic) bond motifs is 1. The van der Waals surface area contributed by atoms with Crippen molar-refractivity contribution in [2.45, 2.75) is 6.92 Å². The first-order valence-corrected chi connectivity index (χ1v) is 10.9. The van der Waals surface area contributed by atoms with Gasteiger partial charge in [0.15, 0.2) is 0 Å². The number of aryl methyl sites for hydroxylation is 1. The third kappa shape index (κ3) is 3.51. The third-order valence-corrected chi connectivity index (χ3v) is 6.31. The predicted molar refractivity (Wildman–Crippen MR) is 111 cm³/mol. The molecule has 3 aromatic rings. The zero-order chi connectivity index (χ0) is 20.8. The Morgan fingerprint density at radius 1 is 1.25 bits per heavy atom. The highest BCUT2D eigenvalue weighted by molar-refractivity contribution is 9.10. The maximum atomic E-state index is 13.5.